The lowest BCUT2D eigenvalue weighted by molar-refractivity contribution is 0.0776. The van der Waals surface area contributed by atoms with E-state index < -0.39 is 0 Å². The number of amides is 2. The van der Waals surface area contributed by atoms with Crippen LogP contribution in [0.25, 0.3) is 0 Å². The van der Waals surface area contributed by atoms with Crippen molar-refractivity contribution in [2.75, 3.05) is 19.6 Å². The van der Waals surface area contributed by atoms with Crippen LogP contribution in [-0.2, 0) is 0 Å². The lowest BCUT2D eigenvalue weighted by Crippen LogP contribution is -2.48. The zero-order valence-corrected chi connectivity index (χ0v) is 15.8. The number of imide groups is 1. The van der Waals surface area contributed by atoms with Gasteiger partial charge >= 0.3 is 0 Å². The van der Waals surface area contributed by atoms with Gasteiger partial charge in [-0.05, 0) is 26.0 Å². The number of rotatable bonds is 6. The average Bonchev–Trinajstić information content (AvgIpc) is 2.88. The van der Waals surface area contributed by atoms with Crippen molar-refractivity contribution in [3.8, 4) is 0 Å². The smallest absolute Gasteiger partial charge is 0.272 e. The highest BCUT2D eigenvalue weighted by Gasteiger charge is 2.37. The minimum Gasteiger partial charge on any atom is -0.356 e. The Balaban J connectivity index is 1.83. The maximum absolute atomic E-state index is 12.6. The standard InChI is InChI=1S/C17H22N6O2S/c1-4-18-23-19-14(21(5-2)6-3)11-15(20-23)26-22-16(24)12-9-7-8-10-13(12)17(22)25/h7-11,18,20H,4-6H2,1-3H3. The maximum atomic E-state index is 12.6. The molecule has 138 valence electrons. The van der Waals surface area contributed by atoms with Gasteiger partial charge in [0.15, 0.2) is 5.84 Å². The molecule has 0 spiro atoms. The Kier molecular flexibility index (Phi) is 5.48. The third-order valence-corrected chi connectivity index (χ3v) is 4.94. The largest absolute Gasteiger partial charge is 0.356 e. The van der Waals surface area contributed by atoms with Crippen LogP contribution in [0.5, 0.6) is 0 Å². The number of hydrazone groups is 1. The van der Waals surface area contributed by atoms with Crippen LogP contribution in [0.15, 0.2) is 40.5 Å². The summed E-state index contributed by atoms with van der Waals surface area (Å²) in [7, 11) is 0. The SMILES string of the molecule is CCNN1N=C(N(CC)CC)C=C(SN2C(=O)c3ccccc3C2=O)N1. The summed E-state index contributed by atoms with van der Waals surface area (Å²) in [6.45, 7) is 8.34. The fourth-order valence-electron chi connectivity index (χ4n) is 2.73. The second-order valence-corrected chi connectivity index (χ2v) is 6.60. The zero-order chi connectivity index (χ0) is 18.7. The molecule has 2 N–H and O–H groups in total. The second kappa shape index (κ2) is 7.79. The normalized spacial score (nSPS) is 16.3. The highest BCUT2D eigenvalue weighted by molar-refractivity contribution is 8.01. The first kappa shape index (κ1) is 18.3. The van der Waals surface area contributed by atoms with Gasteiger partial charge in [0.05, 0.1) is 11.1 Å². The second-order valence-electron chi connectivity index (χ2n) is 5.62. The van der Waals surface area contributed by atoms with Crippen LogP contribution in [0.2, 0.25) is 0 Å². The number of nitrogens with one attached hydrogen (secondary N) is 2. The molecule has 0 radical (unpaired) electrons. The number of fused-ring (bicyclic) bond motifs is 1. The molecule has 0 aliphatic carbocycles. The van der Waals surface area contributed by atoms with Gasteiger partial charge in [0, 0.05) is 37.7 Å². The van der Waals surface area contributed by atoms with Gasteiger partial charge in [0.2, 0.25) is 0 Å². The van der Waals surface area contributed by atoms with Crippen LogP contribution in [0.1, 0.15) is 41.5 Å². The Morgan fingerprint density at radius 1 is 1.12 bits per heavy atom. The van der Waals surface area contributed by atoms with E-state index in [1.165, 1.54) is 9.53 Å². The van der Waals surface area contributed by atoms with Crippen molar-refractivity contribution in [3.63, 3.8) is 0 Å². The van der Waals surface area contributed by atoms with Gasteiger partial charge in [-0.2, -0.15) is 5.43 Å². The van der Waals surface area contributed by atoms with Crippen LogP contribution in [-0.4, -0.2) is 51.7 Å². The number of hydrogen-bond acceptors (Lipinski definition) is 8. The van der Waals surface area contributed by atoms with E-state index >= 15 is 0 Å². The molecule has 0 saturated carbocycles. The predicted octanol–water partition coefficient (Wildman–Crippen LogP) is 1.77. The molecule has 9 heteroatoms. The number of carbonyl (C=O) groups excluding carboxylic acids is 2. The number of nitrogens with zero attached hydrogens (tertiary/aromatic N) is 4. The molecule has 0 bridgehead atoms. The van der Waals surface area contributed by atoms with Gasteiger partial charge in [-0.3, -0.25) is 15.0 Å². The van der Waals surface area contributed by atoms with Crippen molar-refractivity contribution in [1.29, 1.82) is 0 Å². The molecule has 1 aromatic rings. The van der Waals surface area contributed by atoms with Crippen LogP contribution < -0.4 is 10.9 Å². The molecule has 3 rings (SSSR count). The number of likely N-dealkylation sites (N-methyl/N-ethyl adjacent to an activating group) is 1. The Morgan fingerprint density at radius 2 is 1.73 bits per heavy atom. The molecule has 0 saturated heterocycles. The quantitative estimate of drug-likeness (QED) is 0.580. The molecule has 0 unspecified atom stereocenters. The minimum absolute atomic E-state index is 0.305. The van der Waals surface area contributed by atoms with Crippen LogP contribution in [0.3, 0.4) is 0 Å². The summed E-state index contributed by atoms with van der Waals surface area (Å²) in [4.78, 5) is 27.2. The first-order valence-electron chi connectivity index (χ1n) is 8.60. The Bertz CT molecular complexity index is 739. The highest BCUT2D eigenvalue weighted by atomic mass is 32.2. The summed E-state index contributed by atoms with van der Waals surface area (Å²) in [5, 5.41) is 6.64. The van der Waals surface area contributed by atoms with Gasteiger partial charge < -0.3 is 4.90 Å². The van der Waals surface area contributed by atoms with Crippen molar-refractivity contribution in [1.82, 2.24) is 25.3 Å². The Labute approximate surface area is 157 Å². The molecule has 2 amide bonds. The average molecular weight is 374 g/mol. The summed E-state index contributed by atoms with van der Waals surface area (Å²) in [5.41, 5.74) is 7.01. The van der Waals surface area contributed by atoms with E-state index in [1.807, 2.05) is 13.0 Å². The maximum Gasteiger partial charge on any atom is 0.272 e. The van der Waals surface area contributed by atoms with E-state index in [1.54, 1.807) is 24.3 Å². The van der Waals surface area contributed by atoms with Crippen LogP contribution in [0.4, 0.5) is 0 Å². The van der Waals surface area contributed by atoms with Gasteiger partial charge in [0.25, 0.3) is 11.8 Å². The predicted molar refractivity (Wildman–Crippen MR) is 102 cm³/mol. The summed E-state index contributed by atoms with van der Waals surface area (Å²) < 4.78 is 1.18. The molecule has 1 aromatic carbocycles. The van der Waals surface area contributed by atoms with E-state index in [2.05, 4.69) is 34.7 Å². The van der Waals surface area contributed by atoms with Crippen molar-refractivity contribution in [2.24, 2.45) is 5.10 Å². The molecule has 2 aliphatic heterocycles. The van der Waals surface area contributed by atoms with E-state index in [0.717, 1.165) is 30.9 Å². The monoisotopic (exact) mass is 374 g/mol. The van der Waals surface area contributed by atoms with Crippen molar-refractivity contribution < 1.29 is 9.59 Å². The number of hydrogen-bond donors (Lipinski definition) is 2. The zero-order valence-electron chi connectivity index (χ0n) is 15.0. The third kappa shape index (κ3) is 3.40. The first-order chi connectivity index (χ1) is 12.6. The topological polar surface area (TPSA) is 80.3 Å². The van der Waals surface area contributed by atoms with E-state index in [4.69, 9.17) is 0 Å². The molecular weight excluding hydrogens is 352 g/mol. The van der Waals surface area contributed by atoms with Crippen molar-refractivity contribution >= 4 is 29.6 Å². The number of carbonyl (C=O) groups is 2. The van der Waals surface area contributed by atoms with Crippen LogP contribution in [0, 0.1) is 0 Å². The molecule has 0 atom stereocenters. The fourth-order valence-corrected chi connectivity index (χ4v) is 3.58. The Hall–Kier alpha value is -2.52. The molecule has 2 aliphatic rings. The highest BCUT2D eigenvalue weighted by Crippen LogP contribution is 2.32. The van der Waals surface area contributed by atoms with Gasteiger partial charge in [0.1, 0.15) is 5.03 Å². The number of benzene rings is 1. The van der Waals surface area contributed by atoms with E-state index in [-0.39, 0.29) is 11.8 Å². The molecule has 8 nitrogen and oxygen atoms in total. The fraction of sp³-hybridized carbons (Fsp3) is 0.353. The summed E-state index contributed by atoms with van der Waals surface area (Å²) in [5.74, 6) is 0.147. The summed E-state index contributed by atoms with van der Waals surface area (Å²) in [6, 6.07) is 6.86. The lowest BCUT2D eigenvalue weighted by atomic mass is 10.1. The molecule has 2 heterocycles. The van der Waals surface area contributed by atoms with Gasteiger partial charge in [-0.25, -0.2) is 4.31 Å². The molecule has 0 fully saturated rings. The molecular formula is C17H22N6O2S. The molecule has 26 heavy (non-hydrogen) atoms. The molecule has 0 aromatic heterocycles. The lowest BCUT2D eigenvalue weighted by Gasteiger charge is -2.31. The Morgan fingerprint density at radius 3 is 2.27 bits per heavy atom. The van der Waals surface area contributed by atoms with Crippen LogP contribution >= 0.6 is 11.9 Å². The number of hydrazine groups is 2. The van der Waals surface area contributed by atoms with E-state index in [0.29, 0.717) is 22.7 Å². The van der Waals surface area contributed by atoms with Gasteiger partial charge in [-0.1, -0.05) is 19.1 Å². The number of amidine groups is 1. The summed E-state index contributed by atoms with van der Waals surface area (Å²) >= 11 is 1.07. The first-order valence-corrected chi connectivity index (χ1v) is 9.37. The minimum atomic E-state index is -0.305. The van der Waals surface area contributed by atoms with Crippen molar-refractivity contribution in [2.45, 2.75) is 20.8 Å². The van der Waals surface area contributed by atoms with Crippen molar-refractivity contribution in [3.05, 3.63) is 46.5 Å². The van der Waals surface area contributed by atoms with E-state index in [9.17, 15) is 9.59 Å². The third-order valence-electron chi connectivity index (χ3n) is 4.02. The summed E-state index contributed by atoms with van der Waals surface area (Å²) in [6.07, 6.45) is 1.84. The van der Waals surface area contributed by atoms with Gasteiger partial charge in [-0.15, -0.1) is 10.3 Å².